The van der Waals surface area contributed by atoms with Crippen molar-refractivity contribution in [2.24, 2.45) is 0 Å². The quantitative estimate of drug-likeness (QED) is 0.568. The van der Waals surface area contributed by atoms with E-state index in [2.05, 4.69) is 5.32 Å². The molecule has 0 spiro atoms. The number of nitrogens with one attached hydrogen (secondary N) is 1. The SMILES string of the molecule is COc1ccc(CN(C(=O)CSCc2ccccc2F)[C@H](C)C(=O)NC2CCCC2)cc1. The van der Waals surface area contributed by atoms with E-state index in [-0.39, 0.29) is 29.4 Å². The lowest BCUT2D eigenvalue weighted by molar-refractivity contribution is -0.138. The van der Waals surface area contributed by atoms with Gasteiger partial charge in [-0.25, -0.2) is 4.39 Å². The third kappa shape index (κ3) is 6.73. The van der Waals surface area contributed by atoms with Crippen LogP contribution in [0.15, 0.2) is 48.5 Å². The summed E-state index contributed by atoms with van der Waals surface area (Å²) in [6.45, 7) is 2.09. The summed E-state index contributed by atoms with van der Waals surface area (Å²) in [4.78, 5) is 27.6. The molecule has 0 heterocycles. The highest BCUT2D eigenvalue weighted by atomic mass is 32.2. The number of carbonyl (C=O) groups excluding carboxylic acids is 2. The summed E-state index contributed by atoms with van der Waals surface area (Å²) in [6.07, 6.45) is 4.23. The van der Waals surface area contributed by atoms with Crippen molar-refractivity contribution in [3.8, 4) is 5.75 Å². The molecule has 1 aliphatic carbocycles. The van der Waals surface area contributed by atoms with Gasteiger partial charge in [-0.15, -0.1) is 11.8 Å². The zero-order valence-electron chi connectivity index (χ0n) is 18.7. The maximum atomic E-state index is 13.9. The van der Waals surface area contributed by atoms with Crippen LogP contribution in [0.1, 0.15) is 43.7 Å². The van der Waals surface area contributed by atoms with Crippen molar-refractivity contribution in [1.29, 1.82) is 0 Å². The van der Waals surface area contributed by atoms with Gasteiger partial charge >= 0.3 is 0 Å². The Kier molecular flexibility index (Phi) is 8.97. The number of carbonyl (C=O) groups is 2. The lowest BCUT2D eigenvalue weighted by Gasteiger charge is -2.29. The van der Waals surface area contributed by atoms with E-state index in [9.17, 15) is 14.0 Å². The molecule has 1 atom stereocenters. The van der Waals surface area contributed by atoms with Crippen molar-refractivity contribution < 1.29 is 18.7 Å². The highest BCUT2D eigenvalue weighted by Crippen LogP contribution is 2.21. The predicted octanol–water partition coefficient (Wildman–Crippen LogP) is 4.54. The Balaban J connectivity index is 1.66. The smallest absolute Gasteiger partial charge is 0.242 e. The van der Waals surface area contributed by atoms with Crippen LogP contribution in [0.5, 0.6) is 5.75 Å². The van der Waals surface area contributed by atoms with Crippen LogP contribution in [0.2, 0.25) is 0 Å². The number of methoxy groups -OCH3 is 1. The van der Waals surface area contributed by atoms with Crippen LogP contribution in [0.4, 0.5) is 4.39 Å². The standard InChI is InChI=1S/C25H31FN2O3S/c1-18(25(30)27-21-8-4-5-9-21)28(15-19-11-13-22(31-2)14-12-19)24(29)17-32-16-20-7-3-6-10-23(20)26/h3,6-7,10-14,18,21H,4-5,8-9,15-17H2,1-2H3,(H,27,30)/t18-/m1/s1. The maximum absolute atomic E-state index is 13.9. The molecule has 0 radical (unpaired) electrons. The molecule has 2 aromatic carbocycles. The minimum absolute atomic E-state index is 0.127. The van der Waals surface area contributed by atoms with Gasteiger partial charge in [0.2, 0.25) is 11.8 Å². The molecule has 1 aliphatic rings. The molecular formula is C25H31FN2O3S. The topological polar surface area (TPSA) is 58.6 Å². The fraction of sp³-hybridized carbons (Fsp3) is 0.440. The Morgan fingerprint density at radius 2 is 1.84 bits per heavy atom. The van der Waals surface area contributed by atoms with Gasteiger partial charge in [0.15, 0.2) is 0 Å². The van der Waals surface area contributed by atoms with E-state index >= 15 is 0 Å². The summed E-state index contributed by atoms with van der Waals surface area (Å²) in [7, 11) is 1.60. The van der Waals surface area contributed by atoms with Gasteiger partial charge in [-0.05, 0) is 49.1 Å². The summed E-state index contributed by atoms with van der Waals surface area (Å²) in [5.74, 6) is 0.767. The summed E-state index contributed by atoms with van der Waals surface area (Å²) in [6, 6.07) is 13.6. The van der Waals surface area contributed by atoms with Gasteiger partial charge in [-0.3, -0.25) is 9.59 Å². The number of ether oxygens (including phenoxy) is 1. The molecule has 0 saturated heterocycles. The maximum Gasteiger partial charge on any atom is 0.242 e. The van der Waals surface area contributed by atoms with E-state index in [0.29, 0.717) is 17.9 Å². The average Bonchev–Trinajstić information content (AvgIpc) is 3.31. The highest BCUT2D eigenvalue weighted by Gasteiger charge is 2.28. The van der Waals surface area contributed by atoms with Crippen LogP contribution >= 0.6 is 11.8 Å². The lowest BCUT2D eigenvalue weighted by Crippen LogP contribution is -2.50. The average molecular weight is 459 g/mol. The number of nitrogens with zero attached hydrogens (tertiary/aromatic N) is 1. The molecule has 32 heavy (non-hydrogen) atoms. The summed E-state index contributed by atoms with van der Waals surface area (Å²) >= 11 is 1.35. The highest BCUT2D eigenvalue weighted by molar-refractivity contribution is 7.99. The summed E-state index contributed by atoms with van der Waals surface area (Å²) in [5.41, 5.74) is 1.48. The first-order chi connectivity index (χ1) is 15.5. The molecule has 0 aromatic heterocycles. The van der Waals surface area contributed by atoms with Crippen molar-refractivity contribution >= 4 is 23.6 Å². The number of thioether (sulfide) groups is 1. The largest absolute Gasteiger partial charge is 0.497 e. The third-order valence-electron chi connectivity index (χ3n) is 5.82. The van der Waals surface area contributed by atoms with Gasteiger partial charge in [0.25, 0.3) is 0 Å². The second kappa shape index (κ2) is 11.9. The molecule has 3 rings (SSSR count). The van der Waals surface area contributed by atoms with Crippen LogP contribution in [0, 0.1) is 5.82 Å². The first-order valence-electron chi connectivity index (χ1n) is 11.0. The molecule has 0 unspecified atom stereocenters. The summed E-state index contributed by atoms with van der Waals surface area (Å²) in [5, 5.41) is 3.10. The van der Waals surface area contributed by atoms with E-state index in [4.69, 9.17) is 4.74 Å². The monoisotopic (exact) mass is 458 g/mol. The molecule has 2 amide bonds. The molecule has 2 aromatic rings. The molecule has 5 nitrogen and oxygen atoms in total. The minimum atomic E-state index is -0.598. The number of hydrogen-bond donors (Lipinski definition) is 1. The fourth-order valence-electron chi connectivity index (χ4n) is 3.85. The van der Waals surface area contributed by atoms with Crippen LogP contribution in [-0.2, 0) is 21.9 Å². The first kappa shape index (κ1) is 24.1. The van der Waals surface area contributed by atoms with Gasteiger partial charge in [0.05, 0.1) is 12.9 Å². The number of hydrogen-bond acceptors (Lipinski definition) is 4. The van der Waals surface area contributed by atoms with Gasteiger partial charge in [0.1, 0.15) is 17.6 Å². The third-order valence-corrected chi connectivity index (χ3v) is 6.79. The molecule has 1 N–H and O–H groups in total. The number of rotatable bonds is 10. The zero-order chi connectivity index (χ0) is 22.9. The first-order valence-corrected chi connectivity index (χ1v) is 12.2. The predicted molar refractivity (Wildman–Crippen MR) is 126 cm³/mol. The zero-order valence-corrected chi connectivity index (χ0v) is 19.5. The van der Waals surface area contributed by atoms with E-state index in [1.54, 1.807) is 37.1 Å². The van der Waals surface area contributed by atoms with Crippen molar-refractivity contribution in [3.63, 3.8) is 0 Å². The minimum Gasteiger partial charge on any atom is -0.497 e. The molecule has 7 heteroatoms. The van der Waals surface area contributed by atoms with E-state index in [1.165, 1.54) is 17.8 Å². The second-order valence-corrected chi connectivity index (χ2v) is 9.11. The van der Waals surface area contributed by atoms with Gasteiger partial charge in [0, 0.05) is 18.3 Å². The van der Waals surface area contributed by atoms with Crippen LogP contribution < -0.4 is 10.1 Å². The fourth-order valence-corrected chi connectivity index (χ4v) is 4.75. The Hall–Kier alpha value is -2.54. The molecule has 1 fully saturated rings. The number of halogens is 1. The Bertz CT molecular complexity index is 900. The number of benzene rings is 2. The molecule has 0 bridgehead atoms. The van der Waals surface area contributed by atoms with Crippen molar-refractivity contribution in [3.05, 3.63) is 65.5 Å². The van der Waals surface area contributed by atoms with E-state index in [0.717, 1.165) is 37.0 Å². The summed E-state index contributed by atoms with van der Waals surface area (Å²) < 4.78 is 19.1. The van der Waals surface area contributed by atoms with Crippen LogP contribution in [0.25, 0.3) is 0 Å². The van der Waals surface area contributed by atoms with Crippen LogP contribution in [-0.4, -0.2) is 41.7 Å². The van der Waals surface area contributed by atoms with E-state index in [1.807, 2.05) is 24.3 Å². The molecular weight excluding hydrogens is 427 g/mol. The normalized spacial score (nSPS) is 14.7. The van der Waals surface area contributed by atoms with Gasteiger partial charge < -0.3 is 15.0 Å². The van der Waals surface area contributed by atoms with E-state index < -0.39 is 6.04 Å². The van der Waals surface area contributed by atoms with Crippen LogP contribution in [0.3, 0.4) is 0 Å². The van der Waals surface area contributed by atoms with Crippen molar-refractivity contribution in [2.75, 3.05) is 12.9 Å². The Labute approximate surface area is 193 Å². The molecule has 1 saturated carbocycles. The second-order valence-electron chi connectivity index (χ2n) is 8.12. The van der Waals surface area contributed by atoms with Crippen molar-refractivity contribution in [2.45, 2.75) is 57.0 Å². The molecule has 0 aliphatic heterocycles. The van der Waals surface area contributed by atoms with Crippen molar-refractivity contribution in [1.82, 2.24) is 10.2 Å². The van der Waals surface area contributed by atoms with Gasteiger partial charge in [-0.2, -0.15) is 0 Å². The Morgan fingerprint density at radius 1 is 1.16 bits per heavy atom. The lowest BCUT2D eigenvalue weighted by atomic mass is 10.1. The van der Waals surface area contributed by atoms with Gasteiger partial charge in [-0.1, -0.05) is 43.2 Å². The molecule has 172 valence electrons. The Morgan fingerprint density at radius 3 is 2.50 bits per heavy atom. The number of amides is 2.